The summed E-state index contributed by atoms with van der Waals surface area (Å²) in [7, 11) is 0. The zero-order chi connectivity index (χ0) is 20.3. The van der Waals surface area contributed by atoms with E-state index in [1.807, 2.05) is 43.0 Å². The van der Waals surface area contributed by atoms with Gasteiger partial charge in [-0.15, -0.1) is 0 Å². The molecule has 1 atom stereocenters. The van der Waals surface area contributed by atoms with Crippen LogP contribution in [0.3, 0.4) is 0 Å². The topological polar surface area (TPSA) is 48.5 Å². The van der Waals surface area contributed by atoms with E-state index in [-0.39, 0.29) is 11.9 Å². The molecule has 1 fully saturated rings. The van der Waals surface area contributed by atoms with E-state index >= 15 is 0 Å². The molecule has 0 spiro atoms. The van der Waals surface area contributed by atoms with E-state index < -0.39 is 11.7 Å². The van der Waals surface area contributed by atoms with Gasteiger partial charge in [-0.1, -0.05) is 18.2 Å². The van der Waals surface area contributed by atoms with E-state index in [2.05, 4.69) is 15.2 Å². The van der Waals surface area contributed by atoms with Crippen LogP contribution in [0.5, 0.6) is 0 Å². The van der Waals surface area contributed by atoms with Gasteiger partial charge in [0.05, 0.1) is 11.6 Å². The van der Waals surface area contributed by atoms with Gasteiger partial charge in [-0.25, -0.2) is 4.98 Å². The molecule has 150 valence electrons. The second-order valence-corrected chi connectivity index (χ2v) is 6.91. The summed E-state index contributed by atoms with van der Waals surface area (Å²) in [5.41, 5.74) is 1.05. The molecule has 1 saturated heterocycles. The molecule has 1 aliphatic rings. The van der Waals surface area contributed by atoms with Crippen molar-refractivity contribution in [1.82, 2.24) is 9.88 Å². The smallest absolute Gasteiger partial charge is 0.354 e. The Bertz CT molecular complexity index is 815. The minimum atomic E-state index is -4.38. The van der Waals surface area contributed by atoms with Crippen LogP contribution in [0.1, 0.15) is 18.1 Å². The molecule has 0 unspecified atom stereocenters. The Balaban J connectivity index is 1.56. The maximum atomic E-state index is 12.7. The van der Waals surface area contributed by atoms with Gasteiger partial charge in [0.15, 0.2) is 0 Å². The number of nitrogens with one attached hydrogen (secondary N) is 1. The zero-order valence-corrected chi connectivity index (χ0v) is 15.8. The number of aromatic nitrogens is 1. The molecule has 28 heavy (non-hydrogen) atoms. The number of para-hydroxylation sites is 1. The lowest BCUT2D eigenvalue weighted by molar-refractivity contribution is -0.137. The average Bonchev–Trinajstić information content (AvgIpc) is 2.69. The monoisotopic (exact) mass is 392 g/mol. The molecule has 1 aromatic heterocycles. The van der Waals surface area contributed by atoms with Gasteiger partial charge < -0.3 is 10.2 Å². The number of pyridine rings is 1. The SMILES string of the molecule is Cc1ccccc1NC(=O)[C@@H](C)N1CCN(c2ccc(C(F)(F)F)cn2)CC1. The van der Waals surface area contributed by atoms with Crippen LogP contribution < -0.4 is 10.2 Å². The van der Waals surface area contributed by atoms with Crippen molar-refractivity contribution < 1.29 is 18.0 Å². The van der Waals surface area contributed by atoms with Gasteiger partial charge in [-0.3, -0.25) is 9.69 Å². The van der Waals surface area contributed by atoms with Crippen molar-refractivity contribution in [1.29, 1.82) is 0 Å². The van der Waals surface area contributed by atoms with Crippen LogP contribution in [0.15, 0.2) is 42.6 Å². The summed E-state index contributed by atoms with van der Waals surface area (Å²) in [6.45, 7) is 6.26. The lowest BCUT2D eigenvalue weighted by atomic mass is 10.1. The number of carbonyl (C=O) groups excluding carboxylic acids is 1. The Morgan fingerprint density at radius 2 is 1.79 bits per heavy atom. The summed E-state index contributed by atoms with van der Waals surface area (Å²) in [4.78, 5) is 20.5. The van der Waals surface area contributed by atoms with E-state index in [9.17, 15) is 18.0 Å². The fourth-order valence-electron chi connectivity index (χ4n) is 3.20. The third-order valence-corrected chi connectivity index (χ3v) is 5.04. The second-order valence-electron chi connectivity index (χ2n) is 6.91. The number of benzene rings is 1. The van der Waals surface area contributed by atoms with Crippen LogP contribution in [0.25, 0.3) is 0 Å². The lowest BCUT2D eigenvalue weighted by Crippen LogP contribution is -2.53. The molecule has 5 nitrogen and oxygen atoms in total. The minimum absolute atomic E-state index is 0.0737. The molecule has 1 aromatic carbocycles. The Morgan fingerprint density at radius 1 is 1.11 bits per heavy atom. The first kappa shape index (κ1) is 20.1. The largest absolute Gasteiger partial charge is 0.417 e. The molecule has 0 radical (unpaired) electrons. The highest BCUT2D eigenvalue weighted by molar-refractivity contribution is 5.95. The van der Waals surface area contributed by atoms with Gasteiger partial charge in [0.2, 0.25) is 5.91 Å². The number of carbonyl (C=O) groups is 1. The van der Waals surface area contributed by atoms with Crippen LogP contribution in [0.4, 0.5) is 24.7 Å². The predicted molar refractivity (Wildman–Crippen MR) is 102 cm³/mol. The average molecular weight is 392 g/mol. The van der Waals surface area contributed by atoms with Crippen molar-refractivity contribution >= 4 is 17.4 Å². The number of aryl methyl sites for hydroxylation is 1. The van der Waals surface area contributed by atoms with E-state index in [0.29, 0.717) is 32.0 Å². The van der Waals surface area contributed by atoms with Crippen molar-refractivity contribution in [2.24, 2.45) is 0 Å². The molecule has 3 rings (SSSR count). The summed E-state index contributed by atoms with van der Waals surface area (Å²) in [5.74, 6) is 0.445. The number of alkyl halides is 3. The Hall–Kier alpha value is -2.61. The van der Waals surface area contributed by atoms with Gasteiger partial charge in [-0.05, 0) is 37.6 Å². The first-order valence-corrected chi connectivity index (χ1v) is 9.14. The molecule has 2 heterocycles. The van der Waals surface area contributed by atoms with Crippen LogP contribution in [0, 0.1) is 6.92 Å². The number of nitrogens with zero attached hydrogens (tertiary/aromatic N) is 3. The number of piperazine rings is 1. The van der Waals surface area contributed by atoms with Crippen molar-refractivity contribution in [3.8, 4) is 0 Å². The Morgan fingerprint density at radius 3 is 2.36 bits per heavy atom. The first-order valence-electron chi connectivity index (χ1n) is 9.14. The van der Waals surface area contributed by atoms with E-state index in [0.717, 1.165) is 23.5 Å². The standard InChI is InChI=1S/C20H23F3N4O/c1-14-5-3-4-6-17(14)25-19(28)15(2)26-9-11-27(12-10-26)18-8-7-16(13-24-18)20(21,22)23/h3-8,13,15H,9-12H2,1-2H3,(H,25,28)/t15-/m1/s1. The van der Waals surface area contributed by atoms with Crippen LogP contribution >= 0.6 is 0 Å². The zero-order valence-electron chi connectivity index (χ0n) is 15.8. The predicted octanol–water partition coefficient (Wildman–Crippen LogP) is 3.56. The summed E-state index contributed by atoms with van der Waals surface area (Å²) >= 11 is 0. The number of rotatable bonds is 4. The van der Waals surface area contributed by atoms with Crippen LogP contribution in [-0.2, 0) is 11.0 Å². The summed E-state index contributed by atoms with van der Waals surface area (Å²) in [6.07, 6.45) is -3.52. The van der Waals surface area contributed by atoms with Crippen LogP contribution in [-0.4, -0.2) is 48.0 Å². The molecule has 1 N–H and O–H groups in total. The molecule has 0 bridgehead atoms. The second kappa shape index (κ2) is 8.18. The van der Waals surface area contributed by atoms with Crippen molar-refractivity contribution in [3.63, 3.8) is 0 Å². The molecule has 8 heteroatoms. The molecule has 1 amide bonds. The number of halogens is 3. The Labute approximate surface area is 162 Å². The lowest BCUT2D eigenvalue weighted by Gasteiger charge is -2.38. The first-order chi connectivity index (χ1) is 13.3. The highest BCUT2D eigenvalue weighted by atomic mass is 19.4. The Kier molecular flexibility index (Phi) is 5.88. The summed E-state index contributed by atoms with van der Waals surface area (Å²) in [5, 5.41) is 2.96. The minimum Gasteiger partial charge on any atom is -0.354 e. The maximum absolute atomic E-state index is 12.7. The summed E-state index contributed by atoms with van der Waals surface area (Å²) in [6, 6.07) is 9.75. The molecule has 2 aromatic rings. The normalized spacial score (nSPS) is 16.7. The third-order valence-electron chi connectivity index (χ3n) is 5.04. The van der Waals surface area contributed by atoms with Gasteiger partial charge in [0.1, 0.15) is 5.82 Å². The van der Waals surface area contributed by atoms with Gasteiger partial charge in [0.25, 0.3) is 0 Å². The molecular weight excluding hydrogens is 369 g/mol. The molecule has 1 aliphatic heterocycles. The fourth-order valence-corrected chi connectivity index (χ4v) is 3.20. The highest BCUT2D eigenvalue weighted by Crippen LogP contribution is 2.29. The van der Waals surface area contributed by atoms with E-state index in [4.69, 9.17) is 0 Å². The van der Waals surface area contributed by atoms with Gasteiger partial charge in [-0.2, -0.15) is 13.2 Å². The number of hydrogen-bond acceptors (Lipinski definition) is 4. The number of anilines is 2. The number of hydrogen-bond donors (Lipinski definition) is 1. The highest BCUT2D eigenvalue weighted by Gasteiger charge is 2.31. The molecule has 0 aliphatic carbocycles. The van der Waals surface area contributed by atoms with E-state index in [1.165, 1.54) is 6.07 Å². The summed E-state index contributed by atoms with van der Waals surface area (Å²) < 4.78 is 38.0. The van der Waals surface area contributed by atoms with Crippen LogP contribution in [0.2, 0.25) is 0 Å². The third kappa shape index (κ3) is 4.62. The van der Waals surface area contributed by atoms with Gasteiger partial charge >= 0.3 is 6.18 Å². The van der Waals surface area contributed by atoms with E-state index in [1.54, 1.807) is 0 Å². The van der Waals surface area contributed by atoms with Gasteiger partial charge in [0, 0.05) is 38.1 Å². The molecule has 0 saturated carbocycles. The molecular formula is C20H23F3N4O. The van der Waals surface area contributed by atoms with Crippen molar-refractivity contribution in [3.05, 3.63) is 53.7 Å². The fraction of sp³-hybridized carbons (Fsp3) is 0.400. The number of amides is 1. The van der Waals surface area contributed by atoms with Crippen molar-refractivity contribution in [2.75, 3.05) is 36.4 Å². The maximum Gasteiger partial charge on any atom is 0.417 e. The quantitative estimate of drug-likeness (QED) is 0.865. The van der Waals surface area contributed by atoms with Crippen molar-refractivity contribution in [2.45, 2.75) is 26.1 Å².